The summed E-state index contributed by atoms with van der Waals surface area (Å²) in [4.78, 5) is 9.24. The fourth-order valence-corrected chi connectivity index (χ4v) is 9.77. The van der Waals surface area contributed by atoms with Gasteiger partial charge in [0.15, 0.2) is 0 Å². The number of hydrogen-bond acceptors (Lipinski definition) is 3. The van der Waals surface area contributed by atoms with E-state index in [0.29, 0.717) is 0 Å². The van der Waals surface area contributed by atoms with Gasteiger partial charge in [-0.15, -0.1) is 59.7 Å². The second kappa shape index (κ2) is 14.1. The average molecular weight is 850 g/mol. The van der Waals surface area contributed by atoms with E-state index < -0.39 is 14.0 Å². The van der Waals surface area contributed by atoms with Crippen molar-refractivity contribution in [1.82, 2.24) is 9.97 Å². The molecule has 0 bridgehead atoms. The maximum absolute atomic E-state index is 8.43. The Bertz CT molecular complexity index is 2490. The second-order valence-electron chi connectivity index (χ2n) is 13.8. The van der Waals surface area contributed by atoms with E-state index in [-0.39, 0.29) is 20.1 Å². The van der Waals surface area contributed by atoms with Crippen LogP contribution >= 0.6 is 11.3 Å². The molecular formula is C44H40IrN2SSi-2. The first-order valence-corrected chi connectivity index (χ1v) is 20.8. The molecule has 0 amide bonds. The van der Waals surface area contributed by atoms with Crippen molar-refractivity contribution in [2.75, 3.05) is 0 Å². The summed E-state index contributed by atoms with van der Waals surface area (Å²) in [7, 11) is -1.27. The van der Waals surface area contributed by atoms with Crippen LogP contribution in [0.25, 0.3) is 64.2 Å². The molecule has 0 aliphatic heterocycles. The summed E-state index contributed by atoms with van der Waals surface area (Å²) >= 11 is 1.83. The molecule has 49 heavy (non-hydrogen) atoms. The number of nitrogens with zero attached hydrogens (tertiary/aromatic N) is 2. The molecule has 5 heteroatoms. The normalized spacial score (nSPS) is 12.1. The van der Waals surface area contributed by atoms with Crippen LogP contribution in [-0.4, -0.2) is 18.0 Å². The fourth-order valence-electron chi connectivity index (χ4n) is 6.68. The van der Waals surface area contributed by atoms with Gasteiger partial charge in [-0.25, -0.2) is 0 Å². The monoisotopic (exact) mass is 850 g/mol. The number of aromatic nitrogens is 2. The van der Waals surface area contributed by atoms with E-state index in [1.165, 1.54) is 58.0 Å². The molecule has 5 aromatic carbocycles. The molecular weight excluding hydrogens is 809 g/mol. The number of thiophene rings is 1. The van der Waals surface area contributed by atoms with Gasteiger partial charge >= 0.3 is 0 Å². The molecule has 247 valence electrons. The molecule has 2 nitrogen and oxygen atoms in total. The zero-order valence-corrected chi connectivity index (χ0v) is 33.2. The van der Waals surface area contributed by atoms with E-state index in [1.807, 2.05) is 67.8 Å². The van der Waals surface area contributed by atoms with E-state index in [0.717, 1.165) is 28.1 Å². The Morgan fingerprint density at radius 1 is 0.714 bits per heavy atom. The van der Waals surface area contributed by atoms with Gasteiger partial charge in [0.2, 0.25) is 0 Å². The number of pyridine rings is 2. The molecule has 0 N–H and O–H groups in total. The van der Waals surface area contributed by atoms with E-state index in [4.69, 9.17) is 1.37 Å². The summed E-state index contributed by atoms with van der Waals surface area (Å²) in [6, 6.07) is 40.5. The van der Waals surface area contributed by atoms with Gasteiger partial charge in [-0.2, -0.15) is 11.3 Å². The molecule has 0 aliphatic carbocycles. The van der Waals surface area contributed by atoms with E-state index in [1.54, 1.807) is 0 Å². The van der Waals surface area contributed by atoms with E-state index in [9.17, 15) is 0 Å². The minimum absolute atomic E-state index is 0. The van der Waals surface area contributed by atoms with Crippen molar-refractivity contribution in [3.8, 4) is 22.5 Å². The first-order valence-electron chi connectivity index (χ1n) is 17.0. The first-order chi connectivity index (χ1) is 23.4. The van der Waals surface area contributed by atoms with Crippen molar-refractivity contribution < 1.29 is 21.5 Å². The molecule has 0 atom stereocenters. The van der Waals surface area contributed by atoms with Gasteiger partial charge in [0.25, 0.3) is 0 Å². The Morgan fingerprint density at radius 3 is 2.18 bits per heavy atom. The number of rotatable bonds is 4. The SMILES string of the molecule is Cc1cc(-c2[c-]cccc2)ncc1[Si](C)(C)C.[2H]C(C)(C)c1ccnc(-c2[c-]ccc3c2sc2c3ccc3cc(C)c4ccccc4c32)c1.[Ir]. The number of hydrogen-bond donors (Lipinski definition) is 0. The summed E-state index contributed by atoms with van der Waals surface area (Å²) in [5, 5.41) is 9.18. The molecule has 0 spiro atoms. The molecule has 0 aliphatic rings. The van der Waals surface area contributed by atoms with E-state index in [2.05, 4.69) is 122 Å². The molecule has 0 fully saturated rings. The van der Waals surface area contributed by atoms with Gasteiger partial charge < -0.3 is 9.97 Å². The molecule has 8 rings (SSSR count). The zero-order valence-electron chi connectivity index (χ0n) is 30.0. The smallest absolute Gasteiger partial charge is 0.0798 e. The predicted molar refractivity (Wildman–Crippen MR) is 211 cm³/mol. The maximum Gasteiger partial charge on any atom is 0.0798 e. The largest absolute Gasteiger partial charge is 0.305 e. The van der Waals surface area contributed by atoms with Gasteiger partial charge in [0, 0.05) is 44.0 Å². The molecule has 8 aromatic rings. The second-order valence-corrected chi connectivity index (χ2v) is 19.9. The van der Waals surface area contributed by atoms with Gasteiger partial charge in [-0.1, -0.05) is 105 Å². The standard InChI is InChI=1S/C29H22NS.C15H18NSi.Ir/c1-17(2)19-13-14-30-26(16-19)25-10-6-9-23-24-12-11-20-15-18(3)21-7-4-5-8-22(21)27(20)29(24)31-28(23)25;1-12-10-14(13-8-6-5-7-9-13)16-11-15(12)17(2,3)4;/h4-9,11-17H,1-3H3;5-8,10-11H,1-4H3;/q2*-1;/i17D;;. The molecule has 1 radical (unpaired) electrons. The van der Waals surface area contributed by atoms with Crippen LogP contribution in [0.15, 0.2) is 109 Å². The van der Waals surface area contributed by atoms with Gasteiger partial charge in [-0.05, 0) is 74.2 Å². The van der Waals surface area contributed by atoms with Gasteiger partial charge in [0.05, 0.1) is 8.07 Å². The summed E-state index contributed by atoms with van der Waals surface area (Å²) in [5.41, 5.74) is 7.60. The van der Waals surface area contributed by atoms with Crippen LogP contribution in [0.3, 0.4) is 0 Å². The topological polar surface area (TPSA) is 25.8 Å². The van der Waals surface area contributed by atoms with Crippen molar-refractivity contribution >= 4 is 66.3 Å². The predicted octanol–water partition coefficient (Wildman–Crippen LogP) is 12.1. The third-order valence-electron chi connectivity index (χ3n) is 9.12. The van der Waals surface area contributed by atoms with Gasteiger partial charge in [-0.3, -0.25) is 0 Å². The van der Waals surface area contributed by atoms with Crippen molar-refractivity contribution in [2.24, 2.45) is 0 Å². The molecule has 3 aromatic heterocycles. The van der Waals surface area contributed by atoms with Gasteiger partial charge in [0.1, 0.15) is 0 Å². The molecule has 0 saturated carbocycles. The van der Waals surface area contributed by atoms with Crippen LogP contribution in [0, 0.1) is 26.0 Å². The van der Waals surface area contributed by atoms with Crippen LogP contribution < -0.4 is 5.19 Å². The van der Waals surface area contributed by atoms with Crippen LogP contribution in [-0.2, 0) is 20.1 Å². The number of aryl methyl sites for hydroxylation is 2. The van der Waals surface area contributed by atoms with E-state index >= 15 is 0 Å². The van der Waals surface area contributed by atoms with Crippen LogP contribution in [0.4, 0.5) is 0 Å². The van der Waals surface area contributed by atoms with Crippen LogP contribution in [0.1, 0.15) is 37.8 Å². The average Bonchev–Trinajstić information content (AvgIpc) is 3.47. The fraction of sp³-hybridized carbons (Fsp3) is 0.182. The molecule has 3 heterocycles. The third kappa shape index (κ3) is 6.78. The van der Waals surface area contributed by atoms with Crippen molar-refractivity contribution in [3.05, 3.63) is 138 Å². The minimum Gasteiger partial charge on any atom is -0.305 e. The zero-order chi connectivity index (χ0) is 34.5. The Morgan fingerprint density at radius 2 is 1.47 bits per heavy atom. The Hall–Kier alpha value is -3.99. The number of fused-ring (bicyclic) bond motifs is 7. The quantitative estimate of drug-likeness (QED) is 0.100. The first kappa shape index (κ1) is 33.5. The minimum atomic E-state index is -1.27. The molecule has 0 saturated heterocycles. The summed E-state index contributed by atoms with van der Waals surface area (Å²) < 4.78 is 10.9. The Kier molecular flexibility index (Phi) is 9.63. The van der Waals surface area contributed by atoms with Crippen molar-refractivity contribution in [3.63, 3.8) is 0 Å². The van der Waals surface area contributed by atoms with Crippen molar-refractivity contribution in [2.45, 2.75) is 53.2 Å². The summed E-state index contributed by atoms with van der Waals surface area (Å²) in [5.74, 6) is -0.668. The Labute approximate surface area is 310 Å². The van der Waals surface area contributed by atoms with Crippen LogP contribution in [0.5, 0.6) is 0 Å². The third-order valence-corrected chi connectivity index (χ3v) is 12.5. The Balaban J connectivity index is 0.000000204. The van der Waals surface area contributed by atoms with Crippen molar-refractivity contribution in [1.29, 1.82) is 0 Å². The number of benzene rings is 5. The molecule has 0 unspecified atom stereocenters. The van der Waals surface area contributed by atoms with Crippen LogP contribution in [0.2, 0.25) is 19.6 Å². The summed E-state index contributed by atoms with van der Waals surface area (Å²) in [6.45, 7) is 15.3. The maximum atomic E-state index is 8.43. The summed E-state index contributed by atoms with van der Waals surface area (Å²) in [6.07, 6.45) is 3.87.